The second kappa shape index (κ2) is 7.35. The summed E-state index contributed by atoms with van der Waals surface area (Å²) in [5, 5.41) is -0.426. The van der Waals surface area contributed by atoms with Gasteiger partial charge >= 0.3 is 0 Å². The molecular formula is C15H23NO4S. The van der Waals surface area contributed by atoms with Crippen molar-refractivity contribution in [3.05, 3.63) is 35.4 Å². The van der Waals surface area contributed by atoms with Gasteiger partial charge in [0.05, 0.1) is 19.3 Å². The molecule has 0 radical (unpaired) electrons. The Morgan fingerprint density at radius 1 is 1.38 bits per heavy atom. The lowest BCUT2D eigenvalue weighted by atomic mass is 10.1. The van der Waals surface area contributed by atoms with E-state index in [0.717, 1.165) is 11.1 Å². The van der Waals surface area contributed by atoms with Crippen molar-refractivity contribution in [3.8, 4) is 0 Å². The third kappa shape index (κ3) is 5.07. The SMILES string of the molecule is CC(C)OCc1cccc(CNS(=O)(=O)C2CCOC2)c1. The molecule has 1 heterocycles. The molecule has 1 fully saturated rings. The molecule has 5 nitrogen and oxygen atoms in total. The van der Waals surface area contributed by atoms with Crippen molar-refractivity contribution in [2.75, 3.05) is 13.2 Å². The van der Waals surface area contributed by atoms with E-state index >= 15 is 0 Å². The van der Waals surface area contributed by atoms with E-state index in [0.29, 0.717) is 26.2 Å². The van der Waals surface area contributed by atoms with Crippen LogP contribution in [0.1, 0.15) is 31.4 Å². The number of sulfonamides is 1. The monoisotopic (exact) mass is 313 g/mol. The zero-order valence-corrected chi connectivity index (χ0v) is 13.4. The summed E-state index contributed by atoms with van der Waals surface area (Å²) in [7, 11) is -3.30. The Hall–Kier alpha value is -0.950. The van der Waals surface area contributed by atoms with Gasteiger partial charge in [-0.2, -0.15) is 0 Å². The van der Waals surface area contributed by atoms with E-state index in [4.69, 9.17) is 9.47 Å². The Morgan fingerprint density at radius 2 is 2.14 bits per heavy atom. The number of hydrogen-bond donors (Lipinski definition) is 1. The molecular weight excluding hydrogens is 290 g/mol. The maximum absolute atomic E-state index is 12.1. The van der Waals surface area contributed by atoms with Gasteiger partial charge in [0.1, 0.15) is 5.25 Å². The number of nitrogens with one attached hydrogen (secondary N) is 1. The zero-order chi connectivity index (χ0) is 15.3. The Labute approximate surface area is 126 Å². The Morgan fingerprint density at radius 3 is 2.81 bits per heavy atom. The predicted octanol–water partition coefficient (Wildman–Crippen LogP) is 1.82. The van der Waals surface area contributed by atoms with Crippen molar-refractivity contribution in [3.63, 3.8) is 0 Å². The average Bonchev–Trinajstić information content (AvgIpc) is 2.98. The fourth-order valence-electron chi connectivity index (χ4n) is 2.15. The molecule has 0 spiro atoms. The van der Waals surface area contributed by atoms with Crippen LogP contribution in [0.4, 0.5) is 0 Å². The molecule has 6 heteroatoms. The number of benzene rings is 1. The number of ether oxygens (including phenoxy) is 2. The molecule has 1 saturated heterocycles. The van der Waals surface area contributed by atoms with Crippen molar-refractivity contribution < 1.29 is 17.9 Å². The average molecular weight is 313 g/mol. The van der Waals surface area contributed by atoms with Gasteiger partial charge in [0.25, 0.3) is 0 Å². The van der Waals surface area contributed by atoms with Crippen LogP contribution in [0.15, 0.2) is 24.3 Å². The van der Waals surface area contributed by atoms with Gasteiger partial charge < -0.3 is 9.47 Å². The van der Waals surface area contributed by atoms with E-state index < -0.39 is 15.3 Å². The summed E-state index contributed by atoms with van der Waals surface area (Å²) in [6.07, 6.45) is 0.743. The molecule has 1 atom stereocenters. The molecule has 1 aliphatic heterocycles. The Kier molecular flexibility index (Phi) is 5.75. The standard InChI is InChI=1S/C15H23NO4S/c1-12(2)20-10-14-5-3-4-13(8-14)9-16-21(17,18)15-6-7-19-11-15/h3-5,8,12,15-16H,6-7,9-11H2,1-2H3. The Bertz CT molecular complexity index is 551. The highest BCUT2D eigenvalue weighted by atomic mass is 32.2. The van der Waals surface area contributed by atoms with E-state index in [1.54, 1.807) is 0 Å². The molecule has 1 aliphatic rings. The lowest BCUT2D eigenvalue weighted by molar-refractivity contribution is 0.0657. The minimum absolute atomic E-state index is 0.175. The minimum atomic E-state index is -3.30. The summed E-state index contributed by atoms with van der Waals surface area (Å²) in [6.45, 7) is 5.62. The van der Waals surface area contributed by atoms with Crippen LogP contribution >= 0.6 is 0 Å². The fourth-order valence-corrected chi connectivity index (χ4v) is 3.44. The summed E-state index contributed by atoms with van der Waals surface area (Å²) in [6, 6.07) is 7.77. The van der Waals surface area contributed by atoms with Gasteiger partial charge in [-0.05, 0) is 31.4 Å². The van der Waals surface area contributed by atoms with Crippen molar-refractivity contribution in [2.45, 2.75) is 44.8 Å². The molecule has 21 heavy (non-hydrogen) atoms. The topological polar surface area (TPSA) is 64.6 Å². The predicted molar refractivity (Wildman–Crippen MR) is 81.4 cm³/mol. The minimum Gasteiger partial charge on any atom is -0.380 e. The third-order valence-corrected chi connectivity index (χ3v) is 5.18. The lowest BCUT2D eigenvalue weighted by Gasteiger charge is -2.12. The first-order chi connectivity index (χ1) is 9.97. The third-order valence-electron chi connectivity index (χ3n) is 3.38. The highest BCUT2D eigenvalue weighted by Gasteiger charge is 2.29. The van der Waals surface area contributed by atoms with E-state index in [2.05, 4.69) is 4.72 Å². The summed E-state index contributed by atoms with van der Waals surface area (Å²) < 4.78 is 37.5. The molecule has 0 aliphatic carbocycles. The first-order valence-corrected chi connectivity index (χ1v) is 8.77. The molecule has 0 aromatic heterocycles. The number of hydrogen-bond acceptors (Lipinski definition) is 4. The zero-order valence-electron chi connectivity index (χ0n) is 12.5. The van der Waals surface area contributed by atoms with Crippen LogP contribution in [0.2, 0.25) is 0 Å². The van der Waals surface area contributed by atoms with Crippen molar-refractivity contribution >= 4 is 10.0 Å². The van der Waals surface area contributed by atoms with Crippen molar-refractivity contribution in [1.82, 2.24) is 4.72 Å². The highest BCUT2D eigenvalue weighted by Crippen LogP contribution is 2.14. The number of rotatable bonds is 7. The molecule has 0 bridgehead atoms. The van der Waals surface area contributed by atoms with Gasteiger partial charge in [-0.1, -0.05) is 24.3 Å². The lowest BCUT2D eigenvalue weighted by Crippen LogP contribution is -2.34. The van der Waals surface area contributed by atoms with Crippen LogP contribution in [-0.4, -0.2) is 33.0 Å². The van der Waals surface area contributed by atoms with Gasteiger partial charge in [-0.25, -0.2) is 13.1 Å². The highest BCUT2D eigenvalue weighted by molar-refractivity contribution is 7.90. The second-order valence-corrected chi connectivity index (χ2v) is 7.58. The van der Waals surface area contributed by atoms with E-state index in [1.165, 1.54) is 0 Å². The maximum atomic E-state index is 12.1. The van der Waals surface area contributed by atoms with Gasteiger partial charge in [0.15, 0.2) is 0 Å². The molecule has 118 valence electrons. The van der Waals surface area contributed by atoms with Crippen LogP contribution in [0.5, 0.6) is 0 Å². The van der Waals surface area contributed by atoms with E-state index in [9.17, 15) is 8.42 Å². The van der Waals surface area contributed by atoms with Gasteiger partial charge in [-0.15, -0.1) is 0 Å². The molecule has 2 rings (SSSR count). The molecule has 0 saturated carbocycles. The summed E-state index contributed by atoms with van der Waals surface area (Å²) in [4.78, 5) is 0. The van der Waals surface area contributed by atoms with Gasteiger partial charge in [-0.3, -0.25) is 0 Å². The first kappa shape index (κ1) is 16.4. The molecule has 1 N–H and O–H groups in total. The van der Waals surface area contributed by atoms with Crippen LogP contribution < -0.4 is 4.72 Å². The smallest absolute Gasteiger partial charge is 0.217 e. The van der Waals surface area contributed by atoms with Crippen LogP contribution in [-0.2, 0) is 32.6 Å². The summed E-state index contributed by atoms with van der Waals surface area (Å²) in [5.74, 6) is 0. The largest absolute Gasteiger partial charge is 0.380 e. The molecule has 0 amide bonds. The Balaban J connectivity index is 1.92. The van der Waals surface area contributed by atoms with Crippen LogP contribution in [0.3, 0.4) is 0 Å². The molecule has 1 unspecified atom stereocenters. The van der Waals surface area contributed by atoms with E-state index in [1.807, 2.05) is 38.1 Å². The normalized spacial score (nSPS) is 19.3. The fraction of sp³-hybridized carbons (Fsp3) is 0.600. The van der Waals surface area contributed by atoms with Gasteiger partial charge in [0.2, 0.25) is 10.0 Å². The second-order valence-electron chi connectivity index (χ2n) is 5.53. The summed E-state index contributed by atoms with van der Waals surface area (Å²) >= 11 is 0. The maximum Gasteiger partial charge on any atom is 0.217 e. The van der Waals surface area contributed by atoms with Crippen LogP contribution in [0, 0.1) is 0 Å². The first-order valence-electron chi connectivity index (χ1n) is 7.23. The van der Waals surface area contributed by atoms with E-state index in [-0.39, 0.29) is 12.7 Å². The van der Waals surface area contributed by atoms with Gasteiger partial charge in [0, 0.05) is 13.2 Å². The quantitative estimate of drug-likeness (QED) is 0.834. The molecule has 1 aromatic rings. The summed E-state index contributed by atoms with van der Waals surface area (Å²) in [5.41, 5.74) is 1.98. The van der Waals surface area contributed by atoms with Crippen molar-refractivity contribution in [2.24, 2.45) is 0 Å². The van der Waals surface area contributed by atoms with Crippen molar-refractivity contribution in [1.29, 1.82) is 0 Å². The van der Waals surface area contributed by atoms with Crippen LogP contribution in [0.25, 0.3) is 0 Å². The molecule has 1 aromatic carbocycles.